The van der Waals surface area contributed by atoms with Gasteiger partial charge in [0.15, 0.2) is 0 Å². The highest BCUT2D eigenvalue weighted by molar-refractivity contribution is 5.79. The standard InChI is InChI=1S/C14H21NO2/c1-5-15(6-2)13-8-7-12(9-11(3)16)14(10-13)17-4/h7-8,10H,5-6,9H2,1-4H3. The van der Waals surface area contributed by atoms with E-state index in [9.17, 15) is 4.79 Å². The molecule has 0 N–H and O–H groups in total. The summed E-state index contributed by atoms with van der Waals surface area (Å²) in [5, 5.41) is 0. The molecule has 0 aromatic heterocycles. The Morgan fingerprint density at radius 1 is 1.29 bits per heavy atom. The number of carbonyl (C=O) groups is 1. The van der Waals surface area contributed by atoms with Crippen molar-refractivity contribution in [1.29, 1.82) is 0 Å². The molecule has 0 bridgehead atoms. The Hall–Kier alpha value is -1.51. The Kier molecular flexibility index (Phi) is 5.01. The topological polar surface area (TPSA) is 29.5 Å². The molecular formula is C14H21NO2. The Balaban J connectivity index is 3.03. The first-order valence-corrected chi connectivity index (χ1v) is 6.03. The van der Waals surface area contributed by atoms with Gasteiger partial charge in [-0.05, 0) is 26.8 Å². The van der Waals surface area contributed by atoms with Crippen molar-refractivity contribution in [2.45, 2.75) is 27.2 Å². The van der Waals surface area contributed by atoms with Crippen molar-refractivity contribution in [2.24, 2.45) is 0 Å². The first kappa shape index (κ1) is 13.6. The van der Waals surface area contributed by atoms with Crippen LogP contribution < -0.4 is 9.64 Å². The predicted octanol–water partition coefficient (Wildman–Crippen LogP) is 2.67. The van der Waals surface area contributed by atoms with E-state index in [4.69, 9.17) is 4.74 Å². The third kappa shape index (κ3) is 3.48. The number of benzene rings is 1. The average molecular weight is 235 g/mol. The summed E-state index contributed by atoms with van der Waals surface area (Å²) in [7, 11) is 1.64. The second kappa shape index (κ2) is 6.28. The number of anilines is 1. The monoisotopic (exact) mass is 235 g/mol. The largest absolute Gasteiger partial charge is 0.496 e. The lowest BCUT2D eigenvalue weighted by Gasteiger charge is -2.22. The molecule has 1 aromatic rings. The van der Waals surface area contributed by atoms with E-state index in [1.807, 2.05) is 18.2 Å². The fourth-order valence-corrected chi connectivity index (χ4v) is 1.93. The van der Waals surface area contributed by atoms with Crippen LogP contribution in [0.3, 0.4) is 0 Å². The van der Waals surface area contributed by atoms with Crippen LogP contribution in [0.4, 0.5) is 5.69 Å². The smallest absolute Gasteiger partial charge is 0.134 e. The van der Waals surface area contributed by atoms with Gasteiger partial charge in [0.1, 0.15) is 11.5 Å². The number of nitrogens with zero attached hydrogens (tertiary/aromatic N) is 1. The number of methoxy groups -OCH3 is 1. The van der Waals surface area contributed by atoms with E-state index in [2.05, 4.69) is 18.7 Å². The van der Waals surface area contributed by atoms with Crippen LogP contribution in [-0.4, -0.2) is 26.0 Å². The molecular weight excluding hydrogens is 214 g/mol. The van der Waals surface area contributed by atoms with Crippen molar-refractivity contribution in [1.82, 2.24) is 0 Å². The lowest BCUT2D eigenvalue weighted by molar-refractivity contribution is -0.116. The maximum Gasteiger partial charge on any atom is 0.134 e. The van der Waals surface area contributed by atoms with Crippen LogP contribution in [0, 0.1) is 0 Å². The zero-order valence-corrected chi connectivity index (χ0v) is 11.1. The lowest BCUT2D eigenvalue weighted by Crippen LogP contribution is -2.21. The van der Waals surface area contributed by atoms with Gasteiger partial charge < -0.3 is 9.64 Å². The maximum absolute atomic E-state index is 11.1. The number of rotatable bonds is 6. The molecule has 0 aliphatic heterocycles. The Labute approximate surface area is 103 Å². The lowest BCUT2D eigenvalue weighted by atomic mass is 10.1. The number of hydrogen-bond donors (Lipinski definition) is 0. The molecule has 3 heteroatoms. The molecule has 0 spiro atoms. The molecule has 1 aromatic carbocycles. The Bertz CT molecular complexity index is 384. The Morgan fingerprint density at radius 2 is 1.94 bits per heavy atom. The molecule has 0 saturated carbocycles. The van der Waals surface area contributed by atoms with Crippen molar-refractivity contribution in [2.75, 3.05) is 25.1 Å². The fourth-order valence-electron chi connectivity index (χ4n) is 1.93. The van der Waals surface area contributed by atoms with Gasteiger partial charge in [0.2, 0.25) is 0 Å². The maximum atomic E-state index is 11.1. The van der Waals surface area contributed by atoms with Gasteiger partial charge in [0, 0.05) is 36.8 Å². The molecule has 0 heterocycles. The van der Waals surface area contributed by atoms with Gasteiger partial charge >= 0.3 is 0 Å². The quantitative estimate of drug-likeness (QED) is 0.759. The molecule has 0 unspecified atom stereocenters. The second-order valence-corrected chi connectivity index (χ2v) is 4.05. The van der Waals surface area contributed by atoms with E-state index < -0.39 is 0 Å². The molecule has 0 radical (unpaired) electrons. The van der Waals surface area contributed by atoms with E-state index in [1.54, 1.807) is 14.0 Å². The molecule has 0 saturated heterocycles. The molecule has 94 valence electrons. The van der Waals surface area contributed by atoms with Crippen LogP contribution in [0.2, 0.25) is 0 Å². The van der Waals surface area contributed by atoms with E-state index >= 15 is 0 Å². The number of ketones is 1. The summed E-state index contributed by atoms with van der Waals surface area (Å²) >= 11 is 0. The summed E-state index contributed by atoms with van der Waals surface area (Å²) in [6, 6.07) is 6.03. The zero-order chi connectivity index (χ0) is 12.8. The third-order valence-electron chi connectivity index (χ3n) is 2.84. The minimum Gasteiger partial charge on any atom is -0.496 e. The molecule has 0 amide bonds. The summed E-state index contributed by atoms with van der Waals surface area (Å²) in [6.45, 7) is 7.77. The molecule has 0 aliphatic rings. The van der Waals surface area contributed by atoms with Crippen LogP contribution in [0.1, 0.15) is 26.3 Å². The number of Topliss-reactive ketones (excluding diaryl/α,β-unsaturated/α-hetero) is 1. The van der Waals surface area contributed by atoms with Gasteiger partial charge in [-0.3, -0.25) is 4.79 Å². The molecule has 0 atom stereocenters. The molecule has 0 fully saturated rings. The summed E-state index contributed by atoms with van der Waals surface area (Å²) in [5.41, 5.74) is 2.09. The van der Waals surface area contributed by atoms with Gasteiger partial charge in [-0.1, -0.05) is 6.07 Å². The van der Waals surface area contributed by atoms with Crippen molar-refractivity contribution in [3.8, 4) is 5.75 Å². The van der Waals surface area contributed by atoms with E-state index in [1.165, 1.54) is 0 Å². The second-order valence-electron chi connectivity index (χ2n) is 4.05. The van der Waals surface area contributed by atoms with Gasteiger partial charge in [-0.25, -0.2) is 0 Å². The normalized spacial score (nSPS) is 10.1. The number of carbonyl (C=O) groups excluding carboxylic acids is 1. The van der Waals surface area contributed by atoms with Gasteiger partial charge in [0.25, 0.3) is 0 Å². The number of ether oxygens (including phenoxy) is 1. The average Bonchev–Trinajstić information content (AvgIpc) is 2.31. The van der Waals surface area contributed by atoms with Crippen molar-refractivity contribution in [3.63, 3.8) is 0 Å². The first-order chi connectivity index (χ1) is 8.12. The van der Waals surface area contributed by atoms with Crippen molar-refractivity contribution < 1.29 is 9.53 Å². The third-order valence-corrected chi connectivity index (χ3v) is 2.84. The zero-order valence-electron chi connectivity index (χ0n) is 11.1. The summed E-state index contributed by atoms with van der Waals surface area (Å²) in [4.78, 5) is 13.4. The van der Waals surface area contributed by atoms with Gasteiger partial charge in [-0.15, -0.1) is 0 Å². The highest BCUT2D eigenvalue weighted by atomic mass is 16.5. The molecule has 17 heavy (non-hydrogen) atoms. The summed E-state index contributed by atoms with van der Waals surface area (Å²) in [6.07, 6.45) is 0.432. The summed E-state index contributed by atoms with van der Waals surface area (Å²) in [5.74, 6) is 0.948. The van der Waals surface area contributed by atoms with Gasteiger partial charge in [-0.2, -0.15) is 0 Å². The van der Waals surface area contributed by atoms with Crippen LogP contribution in [0.5, 0.6) is 5.75 Å². The van der Waals surface area contributed by atoms with Crippen LogP contribution in [-0.2, 0) is 11.2 Å². The van der Waals surface area contributed by atoms with Gasteiger partial charge in [0.05, 0.1) is 7.11 Å². The minimum absolute atomic E-state index is 0.152. The molecule has 3 nitrogen and oxygen atoms in total. The minimum atomic E-state index is 0.152. The highest BCUT2D eigenvalue weighted by Crippen LogP contribution is 2.26. The van der Waals surface area contributed by atoms with Crippen LogP contribution >= 0.6 is 0 Å². The van der Waals surface area contributed by atoms with Crippen LogP contribution in [0.25, 0.3) is 0 Å². The molecule has 0 aliphatic carbocycles. The van der Waals surface area contributed by atoms with Crippen molar-refractivity contribution >= 4 is 11.5 Å². The summed E-state index contributed by atoms with van der Waals surface area (Å²) < 4.78 is 5.35. The highest BCUT2D eigenvalue weighted by Gasteiger charge is 2.09. The predicted molar refractivity (Wildman–Crippen MR) is 70.9 cm³/mol. The Morgan fingerprint density at radius 3 is 2.41 bits per heavy atom. The number of hydrogen-bond acceptors (Lipinski definition) is 3. The SMILES string of the molecule is CCN(CC)c1ccc(CC(C)=O)c(OC)c1. The van der Waals surface area contributed by atoms with E-state index in [0.717, 1.165) is 30.1 Å². The fraction of sp³-hybridized carbons (Fsp3) is 0.500. The van der Waals surface area contributed by atoms with E-state index in [0.29, 0.717) is 6.42 Å². The first-order valence-electron chi connectivity index (χ1n) is 6.03. The van der Waals surface area contributed by atoms with Crippen molar-refractivity contribution in [3.05, 3.63) is 23.8 Å². The van der Waals surface area contributed by atoms with E-state index in [-0.39, 0.29) is 5.78 Å². The molecule has 1 rings (SSSR count). The van der Waals surface area contributed by atoms with Crippen LogP contribution in [0.15, 0.2) is 18.2 Å².